The molecule has 7 nitrogen and oxygen atoms in total. The van der Waals surface area contributed by atoms with Crippen LogP contribution in [0.25, 0.3) is 0 Å². The number of carbonyl (C=O) groups excluding carboxylic acids is 3. The second-order valence-corrected chi connectivity index (χ2v) is 8.08. The minimum Gasteiger partial charge on any atom is -0.476 e. The van der Waals surface area contributed by atoms with Gasteiger partial charge in [-0.2, -0.15) is 0 Å². The summed E-state index contributed by atoms with van der Waals surface area (Å²) in [7, 11) is 0. The average Bonchev–Trinajstić information content (AvgIpc) is 3.00. The van der Waals surface area contributed by atoms with Gasteiger partial charge in [-0.05, 0) is 63.4 Å². The summed E-state index contributed by atoms with van der Waals surface area (Å²) >= 11 is 0. The molecule has 0 saturated carbocycles. The number of carbonyl (C=O) groups is 3. The molecule has 0 bridgehead atoms. The maximum atomic E-state index is 12.8. The summed E-state index contributed by atoms with van der Waals surface area (Å²) in [5, 5.41) is 0. The zero-order chi connectivity index (χ0) is 22.8. The number of nitrogens with zero attached hydrogens (tertiary/aromatic N) is 2. The molecule has 7 heteroatoms. The van der Waals surface area contributed by atoms with E-state index in [1.165, 1.54) is 9.80 Å². The van der Waals surface area contributed by atoms with Crippen LogP contribution in [0, 0.1) is 13.8 Å². The Hall–Kier alpha value is -3.35. The number of esters is 1. The van der Waals surface area contributed by atoms with Crippen molar-refractivity contribution in [3.8, 4) is 5.75 Å². The number of ether oxygens (including phenoxy) is 2. The Morgan fingerprint density at radius 3 is 2.26 bits per heavy atom. The topological polar surface area (TPSA) is 76.2 Å². The number of amides is 3. The third-order valence-corrected chi connectivity index (χ3v) is 5.11. The van der Waals surface area contributed by atoms with Crippen LogP contribution in [0.15, 0.2) is 42.5 Å². The van der Waals surface area contributed by atoms with Crippen LogP contribution in [-0.4, -0.2) is 41.6 Å². The van der Waals surface area contributed by atoms with Gasteiger partial charge in [0.1, 0.15) is 12.3 Å². The molecule has 0 spiro atoms. The molecule has 1 heterocycles. The summed E-state index contributed by atoms with van der Waals surface area (Å²) < 4.78 is 11.1. The van der Waals surface area contributed by atoms with Gasteiger partial charge in [0, 0.05) is 5.69 Å². The van der Waals surface area contributed by atoms with Crippen molar-refractivity contribution in [2.45, 2.75) is 46.8 Å². The Morgan fingerprint density at radius 1 is 1.06 bits per heavy atom. The van der Waals surface area contributed by atoms with E-state index in [4.69, 9.17) is 9.47 Å². The number of urea groups is 1. The first-order chi connectivity index (χ1) is 14.6. The first kappa shape index (κ1) is 22.3. The lowest BCUT2D eigenvalue weighted by Gasteiger charge is -2.26. The van der Waals surface area contributed by atoms with E-state index in [-0.39, 0.29) is 31.6 Å². The smallest absolute Gasteiger partial charge is 0.349 e. The van der Waals surface area contributed by atoms with Gasteiger partial charge in [-0.1, -0.05) is 30.3 Å². The Kier molecular flexibility index (Phi) is 6.34. The van der Waals surface area contributed by atoms with Crippen LogP contribution in [-0.2, 0) is 20.9 Å². The monoisotopic (exact) mass is 424 g/mol. The molecular weight excluding hydrogens is 396 g/mol. The van der Waals surface area contributed by atoms with Gasteiger partial charge in [-0.25, -0.2) is 9.59 Å². The maximum absolute atomic E-state index is 12.8. The minimum absolute atomic E-state index is 0.0235. The molecule has 1 aliphatic rings. The van der Waals surface area contributed by atoms with E-state index < -0.39 is 11.6 Å². The highest BCUT2D eigenvalue weighted by Gasteiger charge is 2.37. The largest absolute Gasteiger partial charge is 0.476 e. The Balaban J connectivity index is 1.78. The molecule has 164 valence electrons. The number of aryl methyl sites for hydroxylation is 2. The summed E-state index contributed by atoms with van der Waals surface area (Å²) in [4.78, 5) is 40.3. The summed E-state index contributed by atoms with van der Waals surface area (Å²) in [6.07, 6.45) is 0. The van der Waals surface area contributed by atoms with E-state index in [0.717, 1.165) is 16.7 Å². The minimum atomic E-state index is -1.13. The van der Waals surface area contributed by atoms with Gasteiger partial charge in [0.2, 0.25) is 0 Å². The van der Waals surface area contributed by atoms with Crippen LogP contribution in [0.3, 0.4) is 0 Å². The summed E-state index contributed by atoms with van der Waals surface area (Å²) in [5.74, 6) is -0.0909. The second-order valence-electron chi connectivity index (χ2n) is 8.08. The van der Waals surface area contributed by atoms with Crippen LogP contribution < -0.4 is 9.64 Å². The highest BCUT2D eigenvalue weighted by atomic mass is 16.6. The van der Waals surface area contributed by atoms with Crippen molar-refractivity contribution >= 4 is 23.6 Å². The fourth-order valence-corrected chi connectivity index (χ4v) is 3.58. The standard InChI is InChI=1S/C24H28N2O5/c1-6-30-22(28)24(4,5)31-21-16(2)12-18(13-17(21)3)14-26-20(27)15-25(23(26)29)19-10-8-7-9-11-19/h7-13H,6,14-15H2,1-5H3. The van der Waals surface area contributed by atoms with Crippen molar-refractivity contribution in [1.82, 2.24) is 4.90 Å². The lowest BCUT2D eigenvalue weighted by atomic mass is 10.0. The molecule has 1 fully saturated rings. The number of anilines is 1. The summed E-state index contributed by atoms with van der Waals surface area (Å²) in [6.45, 7) is 9.29. The number of rotatable bonds is 7. The van der Waals surface area contributed by atoms with Crippen molar-refractivity contribution in [3.05, 3.63) is 59.2 Å². The van der Waals surface area contributed by atoms with Crippen LogP contribution in [0.1, 0.15) is 37.5 Å². The molecule has 3 rings (SSSR count). The van der Waals surface area contributed by atoms with E-state index in [2.05, 4.69) is 0 Å². The van der Waals surface area contributed by atoms with E-state index >= 15 is 0 Å². The van der Waals surface area contributed by atoms with Crippen LogP contribution in [0.2, 0.25) is 0 Å². The predicted molar refractivity (Wildman–Crippen MR) is 117 cm³/mol. The SMILES string of the molecule is CCOC(=O)C(C)(C)Oc1c(C)cc(CN2C(=O)CN(c3ccccc3)C2=O)cc1C. The quantitative estimate of drug-likeness (QED) is 0.496. The van der Waals surface area contributed by atoms with Crippen molar-refractivity contribution in [2.24, 2.45) is 0 Å². The molecule has 1 aliphatic heterocycles. The van der Waals surface area contributed by atoms with Crippen LogP contribution in [0.5, 0.6) is 5.75 Å². The first-order valence-electron chi connectivity index (χ1n) is 10.3. The van der Waals surface area contributed by atoms with Gasteiger partial charge < -0.3 is 9.47 Å². The third-order valence-electron chi connectivity index (χ3n) is 5.11. The van der Waals surface area contributed by atoms with Crippen molar-refractivity contribution in [3.63, 3.8) is 0 Å². The van der Waals surface area contributed by atoms with Gasteiger partial charge in [0.15, 0.2) is 5.60 Å². The van der Waals surface area contributed by atoms with Crippen molar-refractivity contribution in [2.75, 3.05) is 18.1 Å². The van der Waals surface area contributed by atoms with Crippen LogP contribution in [0.4, 0.5) is 10.5 Å². The molecule has 0 radical (unpaired) electrons. The molecule has 2 aromatic rings. The second kappa shape index (κ2) is 8.79. The number of hydrogen-bond acceptors (Lipinski definition) is 5. The molecule has 0 N–H and O–H groups in total. The fraction of sp³-hybridized carbons (Fsp3) is 0.375. The van der Waals surface area contributed by atoms with Gasteiger partial charge in [-0.15, -0.1) is 0 Å². The highest BCUT2D eigenvalue weighted by molar-refractivity contribution is 6.12. The maximum Gasteiger partial charge on any atom is 0.349 e. The molecule has 1 saturated heterocycles. The number of imide groups is 1. The molecule has 31 heavy (non-hydrogen) atoms. The zero-order valence-corrected chi connectivity index (χ0v) is 18.6. The first-order valence-corrected chi connectivity index (χ1v) is 10.3. The van der Waals surface area contributed by atoms with E-state index in [9.17, 15) is 14.4 Å². The summed E-state index contributed by atoms with van der Waals surface area (Å²) in [5.41, 5.74) is 2.00. The molecular formula is C24H28N2O5. The van der Waals surface area contributed by atoms with Gasteiger partial charge in [0.25, 0.3) is 5.91 Å². The average molecular weight is 424 g/mol. The van der Waals surface area contributed by atoms with Crippen molar-refractivity contribution < 1.29 is 23.9 Å². The molecule has 0 unspecified atom stereocenters. The number of benzene rings is 2. The Morgan fingerprint density at radius 2 is 1.68 bits per heavy atom. The number of hydrogen-bond donors (Lipinski definition) is 0. The summed E-state index contributed by atoms with van der Waals surface area (Å²) in [6, 6.07) is 12.5. The highest BCUT2D eigenvalue weighted by Crippen LogP contribution is 2.30. The lowest BCUT2D eigenvalue weighted by Crippen LogP contribution is -2.40. The molecule has 0 atom stereocenters. The number of para-hydroxylation sites is 1. The van der Waals surface area contributed by atoms with Crippen molar-refractivity contribution in [1.29, 1.82) is 0 Å². The molecule has 0 aromatic heterocycles. The van der Waals surface area contributed by atoms with Gasteiger partial charge in [0.05, 0.1) is 13.2 Å². The van der Waals surface area contributed by atoms with E-state index in [1.807, 2.05) is 44.2 Å². The Labute approximate surface area is 182 Å². The van der Waals surface area contributed by atoms with Crippen LogP contribution >= 0.6 is 0 Å². The third kappa shape index (κ3) is 4.71. The lowest BCUT2D eigenvalue weighted by molar-refractivity contribution is -0.158. The van der Waals surface area contributed by atoms with E-state index in [1.54, 1.807) is 32.9 Å². The van der Waals surface area contributed by atoms with Gasteiger partial charge in [-0.3, -0.25) is 14.6 Å². The molecule has 3 amide bonds. The molecule has 0 aliphatic carbocycles. The molecule has 2 aromatic carbocycles. The van der Waals surface area contributed by atoms with Gasteiger partial charge >= 0.3 is 12.0 Å². The normalized spacial score (nSPS) is 14.2. The fourth-order valence-electron chi connectivity index (χ4n) is 3.58. The Bertz CT molecular complexity index is 977. The predicted octanol–water partition coefficient (Wildman–Crippen LogP) is 3.99. The van der Waals surface area contributed by atoms with E-state index in [0.29, 0.717) is 11.4 Å². The zero-order valence-electron chi connectivity index (χ0n) is 18.6.